The van der Waals surface area contributed by atoms with Crippen molar-refractivity contribution in [3.63, 3.8) is 0 Å². The number of allylic oxidation sites excluding steroid dienone is 1. The molecule has 1 nitrogen and oxygen atoms in total. The lowest BCUT2D eigenvalue weighted by Gasteiger charge is -2.32. The second-order valence-corrected chi connectivity index (χ2v) is 7.45. The van der Waals surface area contributed by atoms with Gasteiger partial charge < -0.3 is 5.11 Å². The minimum Gasteiger partial charge on any atom is -0.376 e. The summed E-state index contributed by atoms with van der Waals surface area (Å²) in [5, 5.41) is 10.5. The minimum absolute atomic E-state index is 0.0472. The van der Waals surface area contributed by atoms with Gasteiger partial charge in [0.1, 0.15) is 5.60 Å². The monoisotopic (exact) mass is 364 g/mol. The molecule has 1 aliphatic carbocycles. The fourth-order valence-corrected chi connectivity index (χ4v) is 3.65. The number of rotatable bonds is 4. The molecule has 2 aromatic carbocycles. The van der Waals surface area contributed by atoms with E-state index in [9.17, 15) is 5.11 Å². The van der Waals surface area contributed by atoms with Crippen LogP contribution in [0.4, 0.5) is 0 Å². The van der Waals surface area contributed by atoms with Crippen LogP contribution in [0.5, 0.6) is 0 Å². The van der Waals surface area contributed by atoms with Gasteiger partial charge in [-0.1, -0.05) is 91.1 Å². The van der Waals surface area contributed by atoms with Gasteiger partial charge >= 0.3 is 0 Å². The van der Waals surface area contributed by atoms with E-state index in [4.69, 9.17) is 11.6 Å². The number of halogens is 1. The minimum atomic E-state index is -1.06. The van der Waals surface area contributed by atoms with E-state index in [0.717, 1.165) is 25.7 Å². The van der Waals surface area contributed by atoms with E-state index >= 15 is 0 Å². The fourth-order valence-electron chi connectivity index (χ4n) is 3.33. The second-order valence-electron chi connectivity index (χ2n) is 6.92. The molecule has 0 spiro atoms. The highest BCUT2D eigenvalue weighted by atomic mass is 35.5. The number of hydrogen-bond donors (Lipinski definition) is 1. The SMILES string of the molecule is O[C@@]1(C#CC(C/C=C/c2ccccc2)c2ccccc2)CCCC[C@H]1Cl. The third kappa shape index (κ3) is 5.01. The van der Waals surface area contributed by atoms with Crippen LogP contribution >= 0.6 is 11.6 Å². The molecule has 3 rings (SSSR count). The molecule has 0 amide bonds. The maximum atomic E-state index is 10.8. The largest absolute Gasteiger partial charge is 0.376 e. The maximum Gasteiger partial charge on any atom is 0.141 e. The first-order chi connectivity index (χ1) is 12.7. The summed E-state index contributed by atoms with van der Waals surface area (Å²) in [6, 6.07) is 20.5. The van der Waals surface area contributed by atoms with Crippen molar-refractivity contribution in [2.75, 3.05) is 0 Å². The summed E-state index contributed by atoms with van der Waals surface area (Å²) in [5.41, 5.74) is 1.29. The quantitative estimate of drug-likeness (QED) is 0.537. The summed E-state index contributed by atoms with van der Waals surface area (Å²) in [4.78, 5) is 0. The first-order valence-electron chi connectivity index (χ1n) is 9.33. The van der Waals surface area contributed by atoms with Gasteiger partial charge in [0.15, 0.2) is 0 Å². The van der Waals surface area contributed by atoms with Crippen molar-refractivity contribution >= 4 is 17.7 Å². The summed E-state index contributed by atoms with van der Waals surface area (Å²) in [5.74, 6) is 6.51. The Morgan fingerprint density at radius 2 is 1.77 bits per heavy atom. The molecule has 0 saturated heterocycles. The van der Waals surface area contributed by atoms with Gasteiger partial charge in [0.25, 0.3) is 0 Å². The molecule has 26 heavy (non-hydrogen) atoms. The second kappa shape index (κ2) is 9.08. The van der Waals surface area contributed by atoms with Gasteiger partial charge in [-0.05, 0) is 36.8 Å². The molecule has 1 N–H and O–H groups in total. The van der Waals surface area contributed by atoms with Crippen molar-refractivity contribution < 1.29 is 5.11 Å². The Labute approximate surface area is 161 Å². The Morgan fingerprint density at radius 3 is 2.46 bits per heavy atom. The highest BCUT2D eigenvalue weighted by Crippen LogP contribution is 2.32. The molecule has 3 atom stereocenters. The van der Waals surface area contributed by atoms with Crippen LogP contribution in [0, 0.1) is 11.8 Å². The Balaban J connectivity index is 1.79. The summed E-state index contributed by atoms with van der Waals surface area (Å²) in [6.07, 6.45) is 8.63. The van der Waals surface area contributed by atoms with E-state index in [0.29, 0.717) is 6.42 Å². The van der Waals surface area contributed by atoms with Crippen LogP contribution in [-0.2, 0) is 0 Å². The average Bonchev–Trinajstić information content (AvgIpc) is 2.68. The van der Waals surface area contributed by atoms with E-state index in [1.54, 1.807) is 0 Å². The predicted octanol–water partition coefficient (Wildman–Crippen LogP) is 5.79. The molecule has 2 heteroatoms. The Bertz CT molecular complexity index is 772. The number of benzene rings is 2. The summed E-state index contributed by atoms with van der Waals surface area (Å²) in [7, 11) is 0. The Morgan fingerprint density at radius 1 is 1.08 bits per heavy atom. The zero-order valence-corrected chi connectivity index (χ0v) is 15.7. The molecule has 1 unspecified atom stereocenters. The van der Waals surface area contributed by atoms with Crippen LogP contribution in [0.1, 0.15) is 49.1 Å². The zero-order chi connectivity index (χ0) is 18.2. The first-order valence-corrected chi connectivity index (χ1v) is 9.77. The summed E-state index contributed by atoms with van der Waals surface area (Å²) in [6.45, 7) is 0. The smallest absolute Gasteiger partial charge is 0.141 e. The highest BCUT2D eigenvalue weighted by Gasteiger charge is 2.36. The van der Waals surface area contributed by atoms with Crippen molar-refractivity contribution in [3.8, 4) is 11.8 Å². The Kier molecular flexibility index (Phi) is 6.56. The number of aliphatic hydroxyl groups is 1. The van der Waals surface area contributed by atoms with E-state index in [-0.39, 0.29) is 11.3 Å². The molecule has 0 aliphatic heterocycles. The van der Waals surface area contributed by atoms with E-state index < -0.39 is 5.60 Å². The number of alkyl halides is 1. The molecule has 1 fully saturated rings. The van der Waals surface area contributed by atoms with Crippen LogP contribution in [0.2, 0.25) is 0 Å². The Hall–Kier alpha value is -2.01. The van der Waals surface area contributed by atoms with Crippen molar-refractivity contribution in [1.82, 2.24) is 0 Å². The molecule has 1 aliphatic rings. The summed E-state index contributed by atoms with van der Waals surface area (Å²) < 4.78 is 0. The summed E-state index contributed by atoms with van der Waals surface area (Å²) >= 11 is 6.37. The van der Waals surface area contributed by atoms with E-state index in [1.165, 1.54) is 11.1 Å². The standard InChI is InChI=1S/C24H25ClO/c25-23-16-7-8-18-24(23,26)19-17-22(21-13-5-2-6-14-21)15-9-12-20-10-3-1-4-11-20/h1-6,9-14,22-23,26H,7-8,15-16,18H2/b12-9+/t22?,23-,24-/m1/s1. The predicted molar refractivity (Wildman–Crippen MR) is 110 cm³/mol. The highest BCUT2D eigenvalue weighted by molar-refractivity contribution is 6.21. The molecule has 134 valence electrons. The van der Waals surface area contributed by atoms with E-state index in [2.05, 4.69) is 48.3 Å². The zero-order valence-electron chi connectivity index (χ0n) is 14.9. The van der Waals surface area contributed by atoms with Crippen LogP contribution < -0.4 is 0 Å². The van der Waals surface area contributed by atoms with Crippen LogP contribution in [0.25, 0.3) is 6.08 Å². The first kappa shape index (κ1) is 18.8. The van der Waals surface area contributed by atoms with Crippen molar-refractivity contribution in [2.24, 2.45) is 0 Å². The van der Waals surface area contributed by atoms with Crippen molar-refractivity contribution in [3.05, 3.63) is 77.9 Å². The lowest BCUT2D eigenvalue weighted by Crippen LogP contribution is -2.40. The van der Waals surface area contributed by atoms with Gasteiger partial charge in [-0.25, -0.2) is 0 Å². The molecule has 0 heterocycles. The third-order valence-corrected chi connectivity index (χ3v) is 5.51. The van der Waals surface area contributed by atoms with Gasteiger partial charge in [-0.15, -0.1) is 11.6 Å². The fraction of sp³-hybridized carbons (Fsp3) is 0.333. The van der Waals surface area contributed by atoms with Crippen molar-refractivity contribution in [2.45, 2.75) is 49.0 Å². The van der Waals surface area contributed by atoms with E-state index in [1.807, 2.05) is 36.4 Å². The maximum absolute atomic E-state index is 10.8. The van der Waals surface area contributed by atoms with Gasteiger partial charge in [-0.2, -0.15) is 0 Å². The number of hydrogen-bond acceptors (Lipinski definition) is 1. The van der Waals surface area contributed by atoms with Crippen LogP contribution in [-0.4, -0.2) is 16.1 Å². The van der Waals surface area contributed by atoms with Gasteiger partial charge in [-0.3, -0.25) is 0 Å². The van der Waals surface area contributed by atoms with Crippen LogP contribution in [0.15, 0.2) is 66.7 Å². The van der Waals surface area contributed by atoms with Gasteiger partial charge in [0, 0.05) is 5.92 Å². The third-order valence-electron chi connectivity index (χ3n) is 4.93. The molecule has 0 aromatic heterocycles. The lowest BCUT2D eigenvalue weighted by atomic mass is 9.84. The van der Waals surface area contributed by atoms with Gasteiger partial charge in [0.05, 0.1) is 5.38 Å². The topological polar surface area (TPSA) is 20.2 Å². The molecule has 1 saturated carbocycles. The average molecular weight is 365 g/mol. The molecule has 0 radical (unpaired) electrons. The molecular weight excluding hydrogens is 340 g/mol. The molecule has 0 bridgehead atoms. The molecular formula is C24H25ClO. The van der Waals surface area contributed by atoms with Gasteiger partial charge in [0.2, 0.25) is 0 Å². The lowest BCUT2D eigenvalue weighted by molar-refractivity contribution is 0.0652. The normalized spacial score (nSPS) is 24.0. The molecule has 2 aromatic rings. The van der Waals surface area contributed by atoms with Crippen LogP contribution in [0.3, 0.4) is 0 Å². The van der Waals surface area contributed by atoms with Crippen molar-refractivity contribution in [1.29, 1.82) is 0 Å².